The number of rotatable bonds is 1. The third-order valence-electron chi connectivity index (χ3n) is 3.90. The summed E-state index contributed by atoms with van der Waals surface area (Å²) >= 11 is 0. The van der Waals surface area contributed by atoms with Gasteiger partial charge in [0.15, 0.2) is 0 Å². The Bertz CT molecular complexity index is 394. The summed E-state index contributed by atoms with van der Waals surface area (Å²) in [6, 6.07) is 4.16. The highest BCUT2D eigenvalue weighted by Crippen LogP contribution is 2.30. The van der Waals surface area contributed by atoms with Gasteiger partial charge in [0.2, 0.25) is 0 Å². The molecule has 2 aliphatic rings. The summed E-state index contributed by atoms with van der Waals surface area (Å²) in [5.74, 6) is 0.0000463. The fourth-order valence-electron chi connectivity index (χ4n) is 2.99. The van der Waals surface area contributed by atoms with Gasteiger partial charge in [0.1, 0.15) is 5.82 Å². The van der Waals surface area contributed by atoms with Crippen molar-refractivity contribution in [2.45, 2.75) is 44.6 Å². The summed E-state index contributed by atoms with van der Waals surface area (Å²) in [5.41, 5.74) is 3.53. The van der Waals surface area contributed by atoms with E-state index in [1.54, 1.807) is 6.07 Å². The van der Waals surface area contributed by atoms with Gasteiger partial charge in [-0.1, -0.05) is 6.07 Å². The zero-order valence-electron chi connectivity index (χ0n) is 9.56. The van der Waals surface area contributed by atoms with Crippen LogP contribution in [-0.2, 0) is 12.8 Å². The molecule has 1 aliphatic heterocycles. The third kappa shape index (κ3) is 1.75. The molecule has 3 rings (SSSR count). The molecule has 2 heteroatoms. The molecule has 0 bridgehead atoms. The number of aryl methyl sites for hydroxylation is 2. The van der Waals surface area contributed by atoms with Crippen LogP contribution >= 0.6 is 0 Å². The van der Waals surface area contributed by atoms with Crippen molar-refractivity contribution in [3.05, 3.63) is 34.6 Å². The highest BCUT2D eigenvalue weighted by Gasteiger charge is 2.22. The van der Waals surface area contributed by atoms with Crippen molar-refractivity contribution >= 4 is 0 Å². The van der Waals surface area contributed by atoms with Crippen molar-refractivity contribution in [2.24, 2.45) is 0 Å². The highest BCUT2D eigenvalue weighted by molar-refractivity contribution is 5.36. The van der Waals surface area contributed by atoms with Crippen LogP contribution in [-0.4, -0.2) is 6.54 Å². The van der Waals surface area contributed by atoms with Gasteiger partial charge >= 0.3 is 0 Å². The highest BCUT2D eigenvalue weighted by atomic mass is 19.1. The standard InChI is InChI=1S/C14H18FN/c15-13-9-11-5-2-1-4-10(11)8-12(13)14-6-3-7-16-14/h8-9,14,16H,1-7H2/t14-/m0/s1. The second-order valence-electron chi connectivity index (χ2n) is 5.00. The maximum Gasteiger partial charge on any atom is 0.128 e. The number of nitrogens with one attached hydrogen (secondary N) is 1. The molecule has 1 atom stereocenters. The summed E-state index contributed by atoms with van der Waals surface area (Å²) in [7, 11) is 0. The average Bonchev–Trinajstić information content (AvgIpc) is 2.81. The van der Waals surface area contributed by atoms with Crippen molar-refractivity contribution in [2.75, 3.05) is 6.54 Å². The molecule has 1 fully saturated rings. The van der Waals surface area contributed by atoms with E-state index < -0.39 is 0 Å². The summed E-state index contributed by atoms with van der Waals surface area (Å²) < 4.78 is 14.0. The smallest absolute Gasteiger partial charge is 0.128 e. The normalized spacial score (nSPS) is 24.4. The van der Waals surface area contributed by atoms with Crippen LogP contribution in [0.3, 0.4) is 0 Å². The zero-order valence-corrected chi connectivity index (χ0v) is 9.56. The molecular formula is C14H18FN. The molecule has 1 heterocycles. The predicted octanol–water partition coefficient (Wildman–Crippen LogP) is 3.13. The molecule has 16 heavy (non-hydrogen) atoms. The Hall–Kier alpha value is -0.890. The first-order valence-electron chi connectivity index (χ1n) is 6.39. The van der Waals surface area contributed by atoms with E-state index in [1.165, 1.54) is 30.4 Å². The fourth-order valence-corrected chi connectivity index (χ4v) is 2.99. The van der Waals surface area contributed by atoms with E-state index in [9.17, 15) is 4.39 Å². The Labute approximate surface area is 96.1 Å². The van der Waals surface area contributed by atoms with E-state index in [-0.39, 0.29) is 11.9 Å². The van der Waals surface area contributed by atoms with Crippen LogP contribution < -0.4 is 5.32 Å². The second kappa shape index (κ2) is 4.17. The number of hydrogen-bond donors (Lipinski definition) is 1. The molecule has 0 aromatic heterocycles. The van der Waals surface area contributed by atoms with Crippen LogP contribution in [0, 0.1) is 5.82 Å². The van der Waals surface area contributed by atoms with Gasteiger partial charge in [0, 0.05) is 11.6 Å². The summed E-state index contributed by atoms with van der Waals surface area (Å²) in [6.45, 7) is 1.03. The maximum absolute atomic E-state index is 14.0. The van der Waals surface area contributed by atoms with Gasteiger partial charge in [-0.2, -0.15) is 0 Å². The second-order valence-corrected chi connectivity index (χ2v) is 5.00. The lowest BCUT2D eigenvalue weighted by Gasteiger charge is -2.20. The van der Waals surface area contributed by atoms with Gasteiger partial charge < -0.3 is 5.32 Å². The SMILES string of the molecule is Fc1cc2c(cc1[C@@H]1CCCN1)CCCC2. The third-order valence-corrected chi connectivity index (χ3v) is 3.90. The topological polar surface area (TPSA) is 12.0 Å². The van der Waals surface area contributed by atoms with Gasteiger partial charge in [-0.25, -0.2) is 4.39 Å². The first-order valence-corrected chi connectivity index (χ1v) is 6.39. The number of halogens is 1. The molecule has 0 unspecified atom stereocenters. The largest absolute Gasteiger partial charge is 0.310 e. The van der Waals surface area contributed by atoms with Gasteiger partial charge in [-0.15, -0.1) is 0 Å². The molecule has 1 aliphatic carbocycles. The van der Waals surface area contributed by atoms with E-state index in [1.807, 2.05) is 0 Å². The lowest BCUT2D eigenvalue weighted by molar-refractivity contribution is 0.551. The van der Waals surface area contributed by atoms with Crippen molar-refractivity contribution in [3.63, 3.8) is 0 Å². The van der Waals surface area contributed by atoms with Crippen LogP contribution in [0.25, 0.3) is 0 Å². The molecule has 0 radical (unpaired) electrons. The lowest BCUT2D eigenvalue weighted by atomic mass is 9.88. The van der Waals surface area contributed by atoms with Crippen LogP contribution in [0.2, 0.25) is 0 Å². The van der Waals surface area contributed by atoms with Gasteiger partial charge in [-0.3, -0.25) is 0 Å². The Balaban J connectivity index is 1.98. The quantitative estimate of drug-likeness (QED) is 0.765. The van der Waals surface area contributed by atoms with Crippen molar-refractivity contribution in [1.29, 1.82) is 0 Å². The molecule has 1 nitrogen and oxygen atoms in total. The van der Waals surface area contributed by atoms with Gasteiger partial charge in [-0.05, 0) is 62.3 Å². The van der Waals surface area contributed by atoms with Crippen molar-refractivity contribution in [1.82, 2.24) is 5.32 Å². The van der Waals surface area contributed by atoms with Gasteiger partial charge in [0.05, 0.1) is 0 Å². The fraction of sp³-hybridized carbons (Fsp3) is 0.571. The molecule has 86 valence electrons. The number of benzene rings is 1. The molecule has 0 saturated carbocycles. The van der Waals surface area contributed by atoms with E-state index in [4.69, 9.17) is 0 Å². The van der Waals surface area contributed by atoms with Crippen molar-refractivity contribution < 1.29 is 4.39 Å². The van der Waals surface area contributed by atoms with Crippen LogP contribution in [0.5, 0.6) is 0 Å². The molecule has 1 saturated heterocycles. The number of hydrogen-bond acceptors (Lipinski definition) is 1. The summed E-state index contributed by atoms with van der Waals surface area (Å²) in [5, 5.41) is 3.38. The maximum atomic E-state index is 14.0. The first-order chi connectivity index (χ1) is 7.84. The lowest BCUT2D eigenvalue weighted by Crippen LogP contribution is -2.16. The minimum atomic E-state index is 0.0000463. The molecular weight excluding hydrogens is 201 g/mol. The Kier molecular flexibility index (Phi) is 2.68. The molecule has 1 aromatic carbocycles. The summed E-state index contributed by atoms with van der Waals surface area (Å²) in [6.07, 6.45) is 6.92. The van der Waals surface area contributed by atoms with Crippen LogP contribution in [0.4, 0.5) is 4.39 Å². The molecule has 0 amide bonds. The average molecular weight is 219 g/mol. The Morgan fingerprint density at radius 3 is 2.50 bits per heavy atom. The molecule has 0 spiro atoms. The summed E-state index contributed by atoms with van der Waals surface area (Å²) in [4.78, 5) is 0. The van der Waals surface area contributed by atoms with Crippen LogP contribution in [0.15, 0.2) is 12.1 Å². The van der Waals surface area contributed by atoms with E-state index >= 15 is 0 Å². The first kappa shape index (κ1) is 10.3. The molecule has 1 aromatic rings. The molecule has 1 N–H and O–H groups in total. The van der Waals surface area contributed by atoms with E-state index in [0.29, 0.717) is 0 Å². The van der Waals surface area contributed by atoms with Crippen LogP contribution in [0.1, 0.15) is 48.4 Å². The van der Waals surface area contributed by atoms with E-state index in [0.717, 1.165) is 31.4 Å². The zero-order chi connectivity index (χ0) is 11.0. The monoisotopic (exact) mass is 219 g/mol. The minimum absolute atomic E-state index is 0.0000463. The minimum Gasteiger partial charge on any atom is -0.310 e. The predicted molar refractivity (Wildman–Crippen MR) is 63.0 cm³/mol. The van der Waals surface area contributed by atoms with Gasteiger partial charge in [0.25, 0.3) is 0 Å². The Morgan fingerprint density at radius 1 is 1.06 bits per heavy atom. The number of fused-ring (bicyclic) bond motifs is 1. The van der Waals surface area contributed by atoms with E-state index in [2.05, 4.69) is 11.4 Å². The Morgan fingerprint density at radius 2 is 1.81 bits per heavy atom. The van der Waals surface area contributed by atoms with Crippen molar-refractivity contribution in [3.8, 4) is 0 Å².